The maximum Gasteiger partial charge on any atom is 0.426 e. The summed E-state index contributed by atoms with van der Waals surface area (Å²) in [5.74, 6) is 3.47. The maximum absolute atomic E-state index is 13.4. The molecular formula is C14H17F3N2O2. The molecule has 1 amide bonds. The zero-order valence-electron chi connectivity index (χ0n) is 11.3. The first-order valence-electron chi connectivity index (χ1n) is 6.24. The van der Waals surface area contributed by atoms with E-state index in [4.69, 9.17) is 10.6 Å². The molecule has 1 unspecified atom stereocenters. The fourth-order valence-electron chi connectivity index (χ4n) is 1.81. The zero-order chi connectivity index (χ0) is 15.9. The van der Waals surface area contributed by atoms with E-state index in [1.54, 1.807) is 30.3 Å². The molecule has 0 saturated heterocycles. The van der Waals surface area contributed by atoms with E-state index < -0.39 is 24.1 Å². The molecule has 1 atom stereocenters. The molecule has 21 heavy (non-hydrogen) atoms. The van der Waals surface area contributed by atoms with Crippen LogP contribution in [0.2, 0.25) is 0 Å². The Morgan fingerprint density at radius 1 is 1.33 bits per heavy atom. The lowest BCUT2D eigenvalue weighted by Gasteiger charge is -2.33. The predicted molar refractivity (Wildman–Crippen MR) is 71.8 cm³/mol. The van der Waals surface area contributed by atoms with Gasteiger partial charge in [0.2, 0.25) is 5.60 Å². The van der Waals surface area contributed by atoms with Gasteiger partial charge in [0.05, 0.1) is 6.61 Å². The Balaban J connectivity index is 3.03. The number of hydrogen-bond donors (Lipinski definition) is 2. The number of carbonyl (C=O) groups is 1. The zero-order valence-corrected chi connectivity index (χ0v) is 11.3. The Morgan fingerprint density at radius 3 is 2.43 bits per heavy atom. The molecule has 7 heteroatoms. The molecule has 1 rings (SSSR count). The van der Waals surface area contributed by atoms with Crippen LogP contribution in [0.1, 0.15) is 18.4 Å². The molecule has 0 spiro atoms. The molecule has 0 bridgehead atoms. The van der Waals surface area contributed by atoms with Gasteiger partial charge in [-0.1, -0.05) is 36.4 Å². The van der Waals surface area contributed by atoms with Crippen molar-refractivity contribution in [2.75, 3.05) is 0 Å². The van der Waals surface area contributed by atoms with Gasteiger partial charge in [0.25, 0.3) is 5.91 Å². The van der Waals surface area contributed by atoms with Gasteiger partial charge in [0, 0.05) is 0 Å². The first-order chi connectivity index (χ1) is 9.87. The number of hydrazine groups is 1. The maximum atomic E-state index is 13.4. The van der Waals surface area contributed by atoms with E-state index >= 15 is 0 Å². The highest BCUT2D eigenvalue weighted by atomic mass is 19.4. The van der Waals surface area contributed by atoms with Crippen molar-refractivity contribution in [2.45, 2.75) is 31.2 Å². The lowest BCUT2D eigenvalue weighted by molar-refractivity contribution is -0.272. The van der Waals surface area contributed by atoms with Gasteiger partial charge < -0.3 is 4.74 Å². The summed E-state index contributed by atoms with van der Waals surface area (Å²) in [7, 11) is 0. The van der Waals surface area contributed by atoms with E-state index in [1.807, 2.05) is 0 Å². The Kier molecular flexibility index (Phi) is 5.92. The SMILES string of the molecule is C=CCCC(OCc1ccccc1)(C(=O)NN)C(F)(F)F. The number of rotatable bonds is 7. The third-order valence-corrected chi connectivity index (χ3v) is 2.98. The van der Waals surface area contributed by atoms with E-state index in [1.165, 1.54) is 11.5 Å². The molecule has 0 fully saturated rings. The molecule has 0 aliphatic carbocycles. The third kappa shape index (κ3) is 4.05. The van der Waals surface area contributed by atoms with Crippen molar-refractivity contribution >= 4 is 5.91 Å². The number of halogens is 3. The first-order valence-corrected chi connectivity index (χ1v) is 6.24. The highest BCUT2D eigenvalue weighted by Crippen LogP contribution is 2.38. The van der Waals surface area contributed by atoms with Crippen molar-refractivity contribution < 1.29 is 22.7 Å². The number of nitrogens with one attached hydrogen (secondary N) is 1. The summed E-state index contributed by atoms with van der Waals surface area (Å²) in [4.78, 5) is 11.7. The molecule has 0 saturated carbocycles. The minimum atomic E-state index is -4.89. The average Bonchev–Trinajstić information content (AvgIpc) is 2.46. The van der Waals surface area contributed by atoms with Crippen molar-refractivity contribution in [3.05, 3.63) is 48.6 Å². The summed E-state index contributed by atoms with van der Waals surface area (Å²) >= 11 is 0. The van der Waals surface area contributed by atoms with Crippen LogP contribution in [-0.4, -0.2) is 17.7 Å². The molecule has 0 heterocycles. The molecule has 3 N–H and O–H groups in total. The molecule has 0 radical (unpaired) electrons. The van der Waals surface area contributed by atoms with Crippen LogP contribution in [0.15, 0.2) is 43.0 Å². The van der Waals surface area contributed by atoms with Gasteiger partial charge in [-0.05, 0) is 18.4 Å². The third-order valence-electron chi connectivity index (χ3n) is 2.98. The van der Waals surface area contributed by atoms with Crippen LogP contribution in [0.5, 0.6) is 0 Å². The van der Waals surface area contributed by atoms with Gasteiger partial charge in [0.15, 0.2) is 0 Å². The summed E-state index contributed by atoms with van der Waals surface area (Å²) < 4.78 is 45.1. The number of nitrogens with two attached hydrogens (primary N) is 1. The van der Waals surface area contributed by atoms with E-state index in [0.717, 1.165) is 0 Å². The van der Waals surface area contributed by atoms with Crippen LogP contribution in [0.3, 0.4) is 0 Å². The van der Waals surface area contributed by atoms with Gasteiger partial charge in [-0.3, -0.25) is 10.2 Å². The van der Waals surface area contributed by atoms with Crippen LogP contribution in [0.25, 0.3) is 0 Å². The number of carbonyl (C=O) groups excluding carboxylic acids is 1. The summed E-state index contributed by atoms with van der Waals surface area (Å²) in [5, 5.41) is 0. The smallest absolute Gasteiger partial charge is 0.352 e. The normalized spacial score (nSPS) is 14.3. The quantitative estimate of drug-likeness (QED) is 0.352. The van der Waals surface area contributed by atoms with Crippen molar-refractivity contribution in [2.24, 2.45) is 5.84 Å². The van der Waals surface area contributed by atoms with Gasteiger partial charge in [-0.2, -0.15) is 13.2 Å². The monoisotopic (exact) mass is 302 g/mol. The predicted octanol–water partition coefficient (Wildman–Crippen LogP) is 2.46. The van der Waals surface area contributed by atoms with Gasteiger partial charge in [-0.15, -0.1) is 6.58 Å². The summed E-state index contributed by atoms with van der Waals surface area (Å²) in [5.41, 5.74) is -0.932. The molecule has 0 aliphatic rings. The number of allylic oxidation sites excluding steroid dienone is 1. The fourth-order valence-corrected chi connectivity index (χ4v) is 1.81. The Hall–Kier alpha value is -1.86. The van der Waals surface area contributed by atoms with E-state index in [2.05, 4.69) is 6.58 Å². The van der Waals surface area contributed by atoms with Crippen molar-refractivity contribution in [3.8, 4) is 0 Å². The standard InChI is InChI=1S/C14H17F3N2O2/c1-2-3-9-13(12(20)19-18,14(15,16)17)21-10-11-7-5-4-6-8-11/h2,4-8H,1,3,9-10,18H2,(H,19,20). The average molecular weight is 302 g/mol. The van der Waals surface area contributed by atoms with E-state index in [0.29, 0.717) is 5.56 Å². The van der Waals surface area contributed by atoms with E-state index in [-0.39, 0.29) is 13.0 Å². The van der Waals surface area contributed by atoms with Crippen LogP contribution in [-0.2, 0) is 16.1 Å². The van der Waals surface area contributed by atoms with Crippen LogP contribution < -0.4 is 11.3 Å². The number of benzene rings is 1. The highest BCUT2D eigenvalue weighted by molar-refractivity contribution is 5.85. The molecular weight excluding hydrogens is 285 g/mol. The number of hydrogen-bond acceptors (Lipinski definition) is 3. The topological polar surface area (TPSA) is 64.3 Å². The second-order valence-corrected chi connectivity index (χ2v) is 4.40. The summed E-state index contributed by atoms with van der Waals surface area (Å²) in [6.45, 7) is 3.01. The van der Waals surface area contributed by atoms with Crippen molar-refractivity contribution in [1.29, 1.82) is 0 Å². The number of alkyl halides is 3. The lowest BCUT2D eigenvalue weighted by atomic mass is 9.95. The second kappa shape index (κ2) is 7.24. The largest absolute Gasteiger partial charge is 0.426 e. The van der Waals surface area contributed by atoms with E-state index in [9.17, 15) is 18.0 Å². The lowest BCUT2D eigenvalue weighted by Crippen LogP contribution is -2.60. The molecule has 0 aliphatic heterocycles. The molecule has 1 aromatic carbocycles. The Morgan fingerprint density at radius 2 is 1.95 bits per heavy atom. The number of ether oxygens (including phenoxy) is 1. The summed E-state index contributed by atoms with van der Waals surface area (Å²) in [6, 6.07) is 8.27. The van der Waals surface area contributed by atoms with Crippen LogP contribution >= 0.6 is 0 Å². The van der Waals surface area contributed by atoms with Crippen LogP contribution in [0, 0.1) is 0 Å². The first kappa shape index (κ1) is 17.2. The highest BCUT2D eigenvalue weighted by Gasteiger charge is 2.61. The molecule has 1 aromatic rings. The Bertz CT molecular complexity index is 477. The Labute approximate surface area is 120 Å². The van der Waals surface area contributed by atoms with Gasteiger partial charge in [-0.25, -0.2) is 5.84 Å². The van der Waals surface area contributed by atoms with Gasteiger partial charge >= 0.3 is 6.18 Å². The van der Waals surface area contributed by atoms with Gasteiger partial charge in [0.1, 0.15) is 0 Å². The molecule has 4 nitrogen and oxygen atoms in total. The van der Waals surface area contributed by atoms with Crippen molar-refractivity contribution in [1.82, 2.24) is 5.43 Å². The molecule has 116 valence electrons. The minimum Gasteiger partial charge on any atom is -0.352 e. The second-order valence-electron chi connectivity index (χ2n) is 4.40. The minimum absolute atomic E-state index is 0.0400. The fraction of sp³-hybridized carbons (Fsp3) is 0.357. The number of amides is 1. The molecule has 0 aromatic heterocycles. The van der Waals surface area contributed by atoms with Crippen LogP contribution in [0.4, 0.5) is 13.2 Å². The summed E-state index contributed by atoms with van der Waals surface area (Å²) in [6.07, 6.45) is -4.23. The van der Waals surface area contributed by atoms with Crippen molar-refractivity contribution in [3.63, 3.8) is 0 Å².